The molecule has 2 saturated heterocycles. The number of phenols is 2. The normalized spacial score (nSPS) is 18.7. The van der Waals surface area contributed by atoms with Crippen LogP contribution in [0, 0.1) is 6.92 Å². The highest BCUT2D eigenvalue weighted by molar-refractivity contribution is 6.02. The molecule has 4 unspecified atom stereocenters. The summed E-state index contributed by atoms with van der Waals surface area (Å²) < 4.78 is 28.1. The molecule has 21 nitrogen and oxygen atoms in total. The van der Waals surface area contributed by atoms with Crippen LogP contribution < -0.4 is 37.6 Å². The number of ether oxygens (including phenoxy) is 5. The zero-order valence-electron chi connectivity index (χ0n) is 44.4. The van der Waals surface area contributed by atoms with E-state index in [1.165, 1.54) is 18.9 Å². The third kappa shape index (κ3) is 11.2. The highest BCUT2D eigenvalue weighted by atomic mass is 16.6. The maximum Gasteiger partial charge on any atom is 0.411 e. The first kappa shape index (κ1) is 54.8. The van der Waals surface area contributed by atoms with E-state index in [9.17, 15) is 39.0 Å². The fraction of sp³-hybridized carbons (Fsp3) is 0.345. The van der Waals surface area contributed by atoms with Gasteiger partial charge in [0.25, 0.3) is 0 Å². The average molecular weight is 1080 g/mol. The van der Waals surface area contributed by atoms with Crippen LogP contribution in [0.25, 0.3) is 16.7 Å². The van der Waals surface area contributed by atoms with Crippen LogP contribution in [0.4, 0.5) is 36.2 Å². The summed E-state index contributed by atoms with van der Waals surface area (Å²) in [5, 5.41) is 33.6. The van der Waals surface area contributed by atoms with Crippen molar-refractivity contribution in [1.82, 2.24) is 20.9 Å². The molecule has 0 radical (unpaired) electrons. The van der Waals surface area contributed by atoms with E-state index in [2.05, 4.69) is 33.4 Å². The number of benzene rings is 5. The Morgan fingerprint density at radius 1 is 0.797 bits per heavy atom. The first-order valence-corrected chi connectivity index (χ1v) is 25.9. The van der Waals surface area contributed by atoms with E-state index in [1.54, 1.807) is 49.9 Å². The smallest absolute Gasteiger partial charge is 0.411 e. The molecule has 0 saturated carbocycles. The van der Waals surface area contributed by atoms with Gasteiger partial charge in [0.2, 0.25) is 11.8 Å². The van der Waals surface area contributed by atoms with Crippen LogP contribution in [0.3, 0.4) is 0 Å². The minimum absolute atomic E-state index is 0.0614. The minimum Gasteiger partial charge on any atom is -0.505 e. The van der Waals surface area contributed by atoms with Crippen molar-refractivity contribution >= 4 is 58.8 Å². The summed E-state index contributed by atoms with van der Waals surface area (Å²) in [4.78, 5) is 82.9. The number of carbonyl (C=O) groups excluding carboxylic acids is 6. The van der Waals surface area contributed by atoms with Crippen LogP contribution in [0.1, 0.15) is 79.3 Å². The van der Waals surface area contributed by atoms with Gasteiger partial charge in [0.1, 0.15) is 54.7 Å². The van der Waals surface area contributed by atoms with Crippen LogP contribution in [0.5, 0.6) is 11.5 Å². The zero-order valence-corrected chi connectivity index (χ0v) is 44.4. The second-order valence-electron chi connectivity index (χ2n) is 20.8. The lowest BCUT2D eigenvalue weighted by Gasteiger charge is -2.37. The van der Waals surface area contributed by atoms with Gasteiger partial charge in [-0.1, -0.05) is 91.0 Å². The zero-order chi connectivity index (χ0) is 56.3. The molecule has 5 aromatic rings. The van der Waals surface area contributed by atoms with Gasteiger partial charge in [0, 0.05) is 43.8 Å². The van der Waals surface area contributed by atoms with Crippen molar-refractivity contribution in [2.75, 3.05) is 42.8 Å². The maximum absolute atomic E-state index is 14.2. The number of hydrogen-bond donors (Lipinski definition) is 8. The van der Waals surface area contributed by atoms with Gasteiger partial charge in [-0.05, 0) is 92.5 Å². The molecular formula is C58H64N8O13. The second-order valence-corrected chi connectivity index (χ2v) is 20.8. The highest BCUT2D eigenvalue weighted by Gasteiger charge is 2.76. The number of primary amides is 1. The third-order valence-electron chi connectivity index (χ3n) is 14.6. The van der Waals surface area contributed by atoms with Crippen molar-refractivity contribution in [2.24, 2.45) is 5.73 Å². The topological polar surface area (TPSA) is 295 Å². The number of nitrogens with two attached hydrogens (primary N) is 2. The molecule has 9 rings (SSSR count). The molecule has 3 heterocycles. The molecule has 0 spiro atoms. The summed E-state index contributed by atoms with van der Waals surface area (Å²) in [6, 6.07) is 28.3. The number of alkyl carbamates (subject to hydrolysis) is 2. The van der Waals surface area contributed by atoms with Crippen LogP contribution in [0.2, 0.25) is 0 Å². The first-order chi connectivity index (χ1) is 37.8. The Hall–Kier alpha value is -8.98. The Morgan fingerprint density at radius 3 is 2.10 bits per heavy atom. The Bertz CT molecular complexity index is 3160. The molecule has 4 aliphatic rings. The van der Waals surface area contributed by atoms with Crippen LogP contribution in [-0.4, -0.2) is 114 Å². The molecule has 0 bridgehead atoms. The summed E-state index contributed by atoms with van der Waals surface area (Å²) >= 11 is 0. The van der Waals surface area contributed by atoms with Crippen LogP contribution in [-0.2, 0) is 46.3 Å². The average Bonchev–Trinajstić information content (AvgIpc) is 2.04. The lowest BCUT2D eigenvalue weighted by molar-refractivity contribution is -0.128. The number of hydrogen-bond acceptors (Lipinski definition) is 15. The van der Waals surface area contributed by atoms with E-state index < -0.39 is 71.7 Å². The largest absolute Gasteiger partial charge is 0.505 e. The molecule has 21 heteroatoms. The number of nitrogen functional groups attached to an aromatic ring is 1. The summed E-state index contributed by atoms with van der Waals surface area (Å²) in [5.41, 5.74) is 15.7. The van der Waals surface area contributed by atoms with E-state index in [4.69, 9.17) is 35.2 Å². The van der Waals surface area contributed by atoms with Gasteiger partial charge in [-0.25, -0.2) is 19.2 Å². The van der Waals surface area contributed by atoms with Crippen molar-refractivity contribution in [3.05, 3.63) is 143 Å². The van der Waals surface area contributed by atoms with Gasteiger partial charge in [-0.15, -0.1) is 0 Å². The number of amides is 6. The number of carbonyl (C=O) groups is 6. The van der Waals surface area contributed by atoms with Gasteiger partial charge < -0.3 is 71.5 Å². The van der Waals surface area contributed by atoms with E-state index in [-0.39, 0.29) is 84.6 Å². The predicted octanol–water partition coefficient (Wildman–Crippen LogP) is 7.26. The molecule has 79 heavy (non-hydrogen) atoms. The molecular weight excluding hydrogens is 1020 g/mol. The monoisotopic (exact) mass is 1080 g/mol. The molecule has 3 aliphatic heterocycles. The quantitative estimate of drug-likeness (QED) is 0.00815. The van der Waals surface area contributed by atoms with Crippen LogP contribution >= 0.6 is 0 Å². The summed E-state index contributed by atoms with van der Waals surface area (Å²) in [6.45, 7) is 7.01. The SMILES string of the molecule is COC12C(=COC(N)=O)c3c(O)c(N)c(C)c(O)c3N1CC1C2N1C(=O)OCc1ccc(NC(=O)C(CCCCNC(=O)OCC2c3ccccc3-c3ccccc32)NC(=O)[C@H](Cc2ccccc2)NC(=O)OC(C)(C)C)cc1. The van der Waals surface area contributed by atoms with Crippen molar-refractivity contribution in [2.45, 2.75) is 101 Å². The van der Waals surface area contributed by atoms with E-state index in [1.807, 2.05) is 66.7 Å². The number of rotatable bonds is 18. The van der Waals surface area contributed by atoms with Gasteiger partial charge in [0.05, 0.1) is 28.6 Å². The molecule has 5 aromatic carbocycles. The molecule has 414 valence electrons. The van der Waals surface area contributed by atoms with Gasteiger partial charge >= 0.3 is 24.4 Å². The number of nitrogens with zero attached hydrogens (tertiary/aromatic N) is 2. The minimum atomic E-state index is -1.53. The molecule has 10 N–H and O–H groups in total. The van der Waals surface area contributed by atoms with E-state index in [0.29, 0.717) is 24.1 Å². The van der Waals surface area contributed by atoms with Gasteiger partial charge in [0.15, 0.2) is 5.72 Å². The number of fused-ring (bicyclic) bond motifs is 8. The Kier molecular flexibility index (Phi) is 15.6. The first-order valence-electron chi connectivity index (χ1n) is 25.9. The third-order valence-corrected chi connectivity index (χ3v) is 14.6. The Balaban J connectivity index is 0.831. The van der Waals surface area contributed by atoms with Crippen molar-refractivity contribution < 1.29 is 62.7 Å². The second kappa shape index (κ2) is 22.5. The van der Waals surface area contributed by atoms with Crippen molar-refractivity contribution in [3.63, 3.8) is 0 Å². The van der Waals surface area contributed by atoms with Gasteiger partial charge in [-0.3, -0.25) is 14.5 Å². The fourth-order valence-corrected chi connectivity index (χ4v) is 10.9. The lowest BCUT2D eigenvalue weighted by Crippen LogP contribution is -2.54. The van der Waals surface area contributed by atoms with E-state index >= 15 is 0 Å². The fourth-order valence-electron chi connectivity index (χ4n) is 10.9. The number of unbranched alkanes of at least 4 members (excludes halogenated alkanes) is 1. The Labute approximate surface area is 456 Å². The van der Waals surface area contributed by atoms with Crippen LogP contribution in [0.15, 0.2) is 109 Å². The number of aromatic hydroxyl groups is 2. The lowest BCUT2D eigenvalue weighted by atomic mass is 9.94. The number of piperazine rings is 1. The predicted molar refractivity (Wildman–Crippen MR) is 291 cm³/mol. The number of phenolic OH excluding ortho intramolecular Hbond substituents is 2. The number of nitrogens with one attached hydrogen (secondary N) is 4. The highest BCUT2D eigenvalue weighted by Crippen LogP contribution is 2.65. The summed E-state index contributed by atoms with van der Waals surface area (Å²) in [6.07, 6.45) is -1.13. The molecule has 1 aliphatic carbocycles. The number of methoxy groups -OCH3 is 1. The number of anilines is 3. The molecule has 2 fully saturated rings. The van der Waals surface area contributed by atoms with Crippen molar-refractivity contribution in [3.8, 4) is 22.6 Å². The summed E-state index contributed by atoms with van der Waals surface area (Å²) in [7, 11) is 1.38. The molecule has 6 amide bonds. The standard InChI is InChI=1S/C58H64N8O13/c1-32-46(59)49(68)45-41(31-76-53(60)71)58(75-5)50-44(28-65(58)47(45)48(32)67)66(50)56(74)78-29-34-22-24-35(25-23-34)62-51(69)42(63-52(70)43(27-33-15-7-6-8-16-33)64-55(73)79-57(2,3)4)21-13-14-26-61-54(72)77-30-40-38-19-11-9-17-36(38)37-18-10-12-20-39(37)40/h6-12,15-20,22-25,31,40,42-44,50,67-68H,13-14,21,26-30,59H2,1-5H3,(H2,60,71)(H,61,72)(H,62,69)(H,63,70)(H,64,73)/t42?,43-,44?,50?,58?,66?/m0/s1. The summed E-state index contributed by atoms with van der Waals surface area (Å²) in [5.74, 6) is -1.87. The maximum atomic E-state index is 14.2. The molecule has 0 aromatic heterocycles. The van der Waals surface area contributed by atoms with E-state index in [0.717, 1.165) is 34.1 Å². The molecule has 5 atom stereocenters. The van der Waals surface area contributed by atoms with Crippen molar-refractivity contribution in [1.29, 1.82) is 0 Å². The van der Waals surface area contributed by atoms with Gasteiger partial charge in [-0.2, -0.15) is 0 Å². The Morgan fingerprint density at radius 2 is 1.46 bits per heavy atom.